The zero-order chi connectivity index (χ0) is 14.4. The number of hydrogen-bond acceptors (Lipinski definition) is 3. The number of rotatable bonds is 6. The smallest absolute Gasteiger partial charge is 0.129 e. The van der Waals surface area contributed by atoms with Crippen LogP contribution in [-0.2, 0) is 11.3 Å². The van der Waals surface area contributed by atoms with Crippen LogP contribution in [0.4, 0.5) is 4.39 Å². The Morgan fingerprint density at radius 3 is 3.00 bits per heavy atom. The third-order valence-electron chi connectivity index (χ3n) is 3.49. The number of ether oxygens (including phenoxy) is 1. The zero-order valence-electron chi connectivity index (χ0n) is 11.3. The molecule has 1 fully saturated rings. The van der Waals surface area contributed by atoms with Gasteiger partial charge in [0.05, 0.1) is 12.7 Å². The van der Waals surface area contributed by atoms with Gasteiger partial charge in [-0.15, -0.1) is 0 Å². The first-order valence-corrected chi connectivity index (χ1v) is 7.18. The van der Waals surface area contributed by atoms with Gasteiger partial charge < -0.3 is 4.74 Å². The molecule has 0 spiro atoms. The van der Waals surface area contributed by atoms with Crippen LogP contribution in [0.2, 0.25) is 5.02 Å². The summed E-state index contributed by atoms with van der Waals surface area (Å²) in [5, 5.41) is 9.14. The highest BCUT2D eigenvalue weighted by molar-refractivity contribution is 6.30. The van der Waals surface area contributed by atoms with E-state index in [0.29, 0.717) is 36.0 Å². The number of halogens is 2. The predicted molar refractivity (Wildman–Crippen MR) is 75.8 cm³/mol. The molecule has 1 heterocycles. The van der Waals surface area contributed by atoms with E-state index in [-0.39, 0.29) is 5.82 Å². The Morgan fingerprint density at radius 2 is 2.35 bits per heavy atom. The van der Waals surface area contributed by atoms with Crippen molar-refractivity contribution in [1.82, 2.24) is 4.90 Å². The van der Waals surface area contributed by atoms with Crippen molar-refractivity contribution < 1.29 is 9.13 Å². The zero-order valence-corrected chi connectivity index (χ0v) is 12.1. The second kappa shape index (κ2) is 7.58. The van der Waals surface area contributed by atoms with Crippen molar-refractivity contribution in [2.45, 2.75) is 19.4 Å². The molecular formula is C15H18ClFN2O. The van der Waals surface area contributed by atoms with E-state index in [9.17, 15) is 4.39 Å². The van der Waals surface area contributed by atoms with Gasteiger partial charge in [-0.3, -0.25) is 4.90 Å². The van der Waals surface area contributed by atoms with Crippen LogP contribution in [0.25, 0.3) is 0 Å². The van der Waals surface area contributed by atoms with Crippen molar-refractivity contribution >= 4 is 11.6 Å². The SMILES string of the molecule is N#CCCN(Cc1ccc(Cl)cc1F)C[C@H]1CCOC1. The standard InChI is InChI=1S/C15H18ClFN2O/c16-14-3-2-13(15(17)8-14)10-19(6-1-5-18)9-12-4-7-20-11-12/h2-3,8,12H,1,4,6-7,9-11H2/t12-/m1/s1. The minimum atomic E-state index is -0.290. The monoisotopic (exact) mass is 296 g/mol. The molecule has 108 valence electrons. The van der Waals surface area contributed by atoms with Gasteiger partial charge in [0.15, 0.2) is 0 Å². The fourth-order valence-electron chi connectivity index (χ4n) is 2.43. The summed E-state index contributed by atoms with van der Waals surface area (Å²) in [5.41, 5.74) is 0.617. The Morgan fingerprint density at radius 1 is 1.50 bits per heavy atom. The summed E-state index contributed by atoms with van der Waals surface area (Å²) >= 11 is 5.76. The Balaban J connectivity index is 2.00. The van der Waals surface area contributed by atoms with E-state index in [0.717, 1.165) is 26.2 Å². The average Bonchev–Trinajstić information content (AvgIpc) is 2.92. The molecule has 1 aliphatic rings. The molecule has 0 amide bonds. The molecule has 1 aromatic carbocycles. The number of nitrogens with zero attached hydrogens (tertiary/aromatic N) is 2. The molecule has 0 aromatic heterocycles. The van der Waals surface area contributed by atoms with Crippen molar-refractivity contribution in [2.75, 3.05) is 26.3 Å². The van der Waals surface area contributed by atoms with Crippen LogP contribution in [0.5, 0.6) is 0 Å². The van der Waals surface area contributed by atoms with Gasteiger partial charge in [0.1, 0.15) is 5.82 Å². The molecule has 0 N–H and O–H groups in total. The van der Waals surface area contributed by atoms with Crippen LogP contribution in [0.1, 0.15) is 18.4 Å². The highest BCUT2D eigenvalue weighted by Gasteiger charge is 2.20. The summed E-state index contributed by atoms with van der Waals surface area (Å²) in [5.74, 6) is 0.186. The summed E-state index contributed by atoms with van der Waals surface area (Å²) in [6, 6.07) is 6.88. The highest BCUT2D eigenvalue weighted by Crippen LogP contribution is 2.19. The topological polar surface area (TPSA) is 36.3 Å². The molecule has 2 rings (SSSR count). The predicted octanol–water partition coefficient (Wildman–Crippen LogP) is 3.23. The second-order valence-corrected chi connectivity index (χ2v) is 5.55. The van der Waals surface area contributed by atoms with Gasteiger partial charge in [-0.2, -0.15) is 5.26 Å². The van der Waals surface area contributed by atoms with Crippen LogP contribution < -0.4 is 0 Å². The number of nitriles is 1. The lowest BCUT2D eigenvalue weighted by molar-refractivity contribution is 0.165. The van der Waals surface area contributed by atoms with Crippen molar-refractivity contribution in [2.24, 2.45) is 5.92 Å². The van der Waals surface area contributed by atoms with E-state index in [4.69, 9.17) is 21.6 Å². The molecule has 1 aromatic rings. The van der Waals surface area contributed by atoms with Crippen LogP contribution in [0.3, 0.4) is 0 Å². The lowest BCUT2D eigenvalue weighted by atomic mass is 10.1. The normalized spacial score (nSPS) is 18.4. The lowest BCUT2D eigenvalue weighted by Crippen LogP contribution is -2.30. The molecule has 1 saturated heterocycles. The van der Waals surface area contributed by atoms with Gasteiger partial charge in [-0.05, 0) is 24.5 Å². The van der Waals surface area contributed by atoms with Gasteiger partial charge in [-0.1, -0.05) is 17.7 Å². The van der Waals surface area contributed by atoms with E-state index in [1.54, 1.807) is 12.1 Å². The molecule has 0 bridgehead atoms. The second-order valence-electron chi connectivity index (χ2n) is 5.11. The number of benzene rings is 1. The maximum Gasteiger partial charge on any atom is 0.129 e. The first-order chi connectivity index (χ1) is 9.69. The molecule has 1 atom stereocenters. The van der Waals surface area contributed by atoms with Crippen molar-refractivity contribution in [3.8, 4) is 6.07 Å². The van der Waals surface area contributed by atoms with Gasteiger partial charge in [-0.25, -0.2) is 4.39 Å². The van der Waals surface area contributed by atoms with Gasteiger partial charge in [0, 0.05) is 43.2 Å². The Bertz CT molecular complexity index is 483. The maximum atomic E-state index is 13.8. The quantitative estimate of drug-likeness (QED) is 0.808. The Labute approximate surface area is 123 Å². The van der Waals surface area contributed by atoms with E-state index >= 15 is 0 Å². The van der Waals surface area contributed by atoms with Crippen molar-refractivity contribution in [3.05, 3.63) is 34.6 Å². The van der Waals surface area contributed by atoms with E-state index in [1.807, 2.05) is 0 Å². The van der Waals surface area contributed by atoms with Gasteiger partial charge in [0.25, 0.3) is 0 Å². The fourth-order valence-corrected chi connectivity index (χ4v) is 2.59. The Hall–Kier alpha value is -1.15. The number of hydrogen-bond donors (Lipinski definition) is 0. The summed E-state index contributed by atoms with van der Waals surface area (Å²) in [6.45, 7) is 3.54. The van der Waals surface area contributed by atoms with Crippen molar-refractivity contribution in [3.63, 3.8) is 0 Å². The summed E-state index contributed by atoms with van der Waals surface area (Å²) in [4.78, 5) is 2.12. The minimum Gasteiger partial charge on any atom is -0.381 e. The third kappa shape index (κ3) is 4.45. The van der Waals surface area contributed by atoms with Crippen LogP contribution >= 0.6 is 11.6 Å². The molecule has 20 heavy (non-hydrogen) atoms. The van der Waals surface area contributed by atoms with Crippen LogP contribution in [-0.4, -0.2) is 31.2 Å². The third-order valence-corrected chi connectivity index (χ3v) is 3.72. The van der Waals surface area contributed by atoms with Gasteiger partial charge in [0.2, 0.25) is 0 Å². The highest BCUT2D eigenvalue weighted by atomic mass is 35.5. The van der Waals surface area contributed by atoms with Crippen LogP contribution in [0.15, 0.2) is 18.2 Å². The summed E-state index contributed by atoms with van der Waals surface area (Å²) in [7, 11) is 0. The Kier molecular flexibility index (Phi) is 5.78. The molecule has 0 saturated carbocycles. The van der Waals surface area contributed by atoms with E-state index in [1.165, 1.54) is 6.07 Å². The maximum absolute atomic E-state index is 13.8. The van der Waals surface area contributed by atoms with E-state index in [2.05, 4.69) is 11.0 Å². The first-order valence-electron chi connectivity index (χ1n) is 6.80. The minimum absolute atomic E-state index is 0.290. The summed E-state index contributed by atoms with van der Waals surface area (Å²) in [6.07, 6.45) is 1.48. The molecular weight excluding hydrogens is 279 g/mol. The largest absolute Gasteiger partial charge is 0.381 e. The van der Waals surface area contributed by atoms with E-state index < -0.39 is 0 Å². The van der Waals surface area contributed by atoms with Gasteiger partial charge >= 0.3 is 0 Å². The molecule has 0 unspecified atom stereocenters. The molecule has 5 heteroatoms. The summed E-state index contributed by atoms with van der Waals surface area (Å²) < 4.78 is 19.2. The average molecular weight is 297 g/mol. The molecule has 0 radical (unpaired) electrons. The lowest BCUT2D eigenvalue weighted by Gasteiger charge is -2.24. The first kappa shape index (κ1) is 15.2. The molecule has 1 aliphatic heterocycles. The molecule has 0 aliphatic carbocycles. The molecule has 3 nitrogen and oxygen atoms in total. The van der Waals surface area contributed by atoms with Crippen LogP contribution in [0, 0.1) is 23.1 Å². The fraction of sp³-hybridized carbons (Fsp3) is 0.533. The van der Waals surface area contributed by atoms with Crippen molar-refractivity contribution in [1.29, 1.82) is 5.26 Å².